The molecule has 0 unspecified atom stereocenters. The molecule has 0 aliphatic heterocycles. The second kappa shape index (κ2) is 8.61. The molecule has 146 valence electrons. The van der Waals surface area contributed by atoms with Gasteiger partial charge in [0, 0.05) is 36.1 Å². The summed E-state index contributed by atoms with van der Waals surface area (Å²) in [7, 11) is 0. The van der Waals surface area contributed by atoms with Gasteiger partial charge >= 0.3 is 6.03 Å². The molecule has 5 heteroatoms. The van der Waals surface area contributed by atoms with E-state index in [1.54, 1.807) is 12.1 Å². The van der Waals surface area contributed by atoms with Gasteiger partial charge in [-0.15, -0.1) is 0 Å². The fourth-order valence-electron chi connectivity index (χ4n) is 3.52. The summed E-state index contributed by atoms with van der Waals surface area (Å²) in [6.07, 6.45) is 1.96. The van der Waals surface area contributed by atoms with Gasteiger partial charge in [0.2, 0.25) is 0 Å². The third-order valence-electron chi connectivity index (χ3n) is 5.03. The van der Waals surface area contributed by atoms with Gasteiger partial charge in [-0.25, -0.2) is 9.18 Å². The van der Waals surface area contributed by atoms with E-state index in [9.17, 15) is 9.18 Å². The molecular formula is C24H22FN3O. The summed E-state index contributed by atoms with van der Waals surface area (Å²) in [5, 5.41) is 6.93. The first-order valence-electron chi connectivity index (χ1n) is 9.58. The fourth-order valence-corrected chi connectivity index (χ4v) is 3.52. The highest BCUT2D eigenvalue weighted by Crippen LogP contribution is 2.30. The van der Waals surface area contributed by atoms with Crippen LogP contribution in [0.15, 0.2) is 85.1 Å². The van der Waals surface area contributed by atoms with Gasteiger partial charge in [-0.2, -0.15) is 0 Å². The van der Waals surface area contributed by atoms with Gasteiger partial charge in [0.15, 0.2) is 0 Å². The van der Waals surface area contributed by atoms with E-state index >= 15 is 0 Å². The van der Waals surface area contributed by atoms with Crippen LogP contribution in [0.4, 0.5) is 9.18 Å². The van der Waals surface area contributed by atoms with Crippen molar-refractivity contribution in [3.63, 3.8) is 0 Å². The van der Waals surface area contributed by atoms with Crippen molar-refractivity contribution >= 4 is 16.9 Å². The highest BCUT2D eigenvalue weighted by molar-refractivity contribution is 5.84. The van der Waals surface area contributed by atoms with E-state index in [-0.39, 0.29) is 17.8 Å². The molecule has 0 radical (unpaired) electrons. The van der Waals surface area contributed by atoms with Crippen molar-refractivity contribution in [1.82, 2.24) is 15.6 Å². The van der Waals surface area contributed by atoms with Crippen LogP contribution in [0.5, 0.6) is 0 Å². The maximum absolute atomic E-state index is 13.4. The van der Waals surface area contributed by atoms with Crippen LogP contribution < -0.4 is 10.6 Å². The molecule has 29 heavy (non-hydrogen) atoms. The topological polar surface area (TPSA) is 56.9 Å². The molecule has 0 fully saturated rings. The lowest BCUT2D eigenvalue weighted by atomic mass is 9.91. The minimum Gasteiger partial charge on any atom is -0.361 e. The summed E-state index contributed by atoms with van der Waals surface area (Å²) in [6, 6.07) is 24.0. The van der Waals surface area contributed by atoms with Gasteiger partial charge in [-0.1, -0.05) is 60.7 Å². The second-order valence-corrected chi connectivity index (χ2v) is 6.94. The number of H-pyrrole nitrogens is 1. The SMILES string of the molecule is O=C(NCc1ccccc1)NC[C@H](c1ccc(F)cc1)c1c[nH]c2ccccc12. The first-order chi connectivity index (χ1) is 14.2. The lowest BCUT2D eigenvalue weighted by Gasteiger charge is -2.18. The first kappa shape index (κ1) is 18.7. The van der Waals surface area contributed by atoms with Gasteiger partial charge in [0.25, 0.3) is 0 Å². The average molecular weight is 387 g/mol. The van der Waals surface area contributed by atoms with Gasteiger partial charge in [0.05, 0.1) is 0 Å². The molecule has 0 saturated carbocycles. The summed E-state index contributed by atoms with van der Waals surface area (Å²) in [4.78, 5) is 15.6. The Morgan fingerprint density at radius 2 is 1.62 bits per heavy atom. The number of hydrogen-bond donors (Lipinski definition) is 3. The van der Waals surface area contributed by atoms with Crippen LogP contribution >= 0.6 is 0 Å². The lowest BCUT2D eigenvalue weighted by molar-refractivity contribution is 0.240. The molecule has 0 bridgehead atoms. The van der Waals surface area contributed by atoms with Gasteiger partial charge < -0.3 is 15.6 Å². The number of halogens is 1. The van der Waals surface area contributed by atoms with E-state index in [2.05, 4.69) is 15.6 Å². The van der Waals surface area contributed by atoms with E-state index in [1.165, 1.54) is 12.1 Å². The number of carbonyl (C=O) groups excluding carboxylic acids is 1. The molecule has 0 saturated heterocycles. The highest BCUT2D eigenvalue weighted by Gasteiger charge is 2.19. The van der Waals surface area contributed by atoms with Gasteiger partial charge in [-0.05, 0) is 34.9 Å². The molecule has 2 amide bonds. The maximum atomic E-state index is 13.4. The van der Waals surface area contributed by atoms with E-state index < -0.39 is 0 Å². The molecule has 0 aliphatic rings. The molecule has 4 rings (SSSR count). The van der Waals surface area contributed by atoms with E-state index in [4.69, 9.17) is 0 Å². The molecule has 3 aromatic carbocycles. The molecule has 0 aliphatic carbocycles. The van der Waals surface area contributed by atoms with Crippen molar-refractivity contribution in [3.8, 4) is 0 Å². The first-order valence-corrected chi connectivity index (χ1v) is 9.58. The number of para-hydroxylation sites is 1. The number of fused-ring (bicyclic) bond motifs is 1. The van der Waals surface area contributed by atoms with Crippen molar-refractivity contribution < 1.29 is 9.18 Å². The standard InChI is InChI=1S/C24H22FN3O/c25-19-12-10-18(11-13-19)21(22-16-26-23-9-5-4-8-20(22)23)15-28-24(29)27-14-17-6-2-1-3-7-17/h1-13,16,21,26H,14-15H2,(H2,27,28,29)/t21-/m1/s1. The average Bonchev–Trinajstić information content (AvgIpc) is 3.18. The second-order valence-electron chi connectivity index (χ2n) is 6.94. The van der Waals surface area contributed by atoms with Crippen molar-refractivity contribution in [3.05, 3.63) is 108 Å². The quantitative estimate of drug-likeness (QED) is 0.431. The highest BCUT2D eigenvalue weighted by atomic mass is 19.1. The molecule has 1 aromatic heterocycles. The molecule has 1 atom stereocenters. The number of hydrogen-bond acceptors (Lipinski definition) is 1. The summed E-state index contributed by atoms with van der Waals surface area (Å²) >= 11 is 0. The minimum atomic E-state index is -0.278. The molecule has 4 nitrogen and oxygen atoms in total. The Labute approximate surface area is 168 Å². The predicted molar refractivity (Wildman–Crippen MR) is 113 cm³/mol. The zero-order valence-corrected chi connectivity index (χ0v) is 15.9. The van der Waals surface area contributed by atoms with Gasteiger partial charge in [-0.3, -0.25) is 0 Å². The summed E-state index contributed by atoms with van der Waals surface area (Å²) in [6.45, 7) is 0.856. The van der Waals surface area contributed by atoms with Crippen LogP contribution in [0.3, 0.4) is 0 Å². The third kappa shape index (κ3) is 4.46. The minimum absolute atomic E-state index is 0.103. The van der Waals surface area contributed by atoms with E-state index in [1.807, 2.05) is 60.8 Å². The number of benzene rings is 3. The smallest absolute Gasteiger partial charge is 0.315 e. The Morgan fingerprint density at radius 3 is 2.41 bits per heavy atom. The number of nitrogens with one attached hydrogen (secondary N) is 3. The van der Waals surface area contributed by atoms with Crippen molar-refractivity contribution in [2.24, 2.45) is 0 Å². The Balaban J connectivity index is 1.51. The maximum Gasteiger partial charge on any atom is 0.315 e. The van der Waals surface area contributed by atoms with Crippen LogP contribution in [-0.4, -0.2) is 17.6 Å². The van der Waals surface area contributed by atoms with Crippen molar-refractivity contribution in [2.75, 3.05) is 6.54 Å². The van der Waals surface area contributed by atoms with Crippen molar-refractivity contribution in [1.29, 1.82) is 0 Å². The Morgan fingerprint density at radius 1 is 0.897 bits per heavy atom. The Kier molecular flexibility index (Phi) is 5.56. The number of aromatic nitrogens is 1. The van der Waals surface area contributed by atoms with E-state index in [0.717, 1.165) is 27.6 Å². The normalized spacial score (nSPS) is 11.9. The van der Waals surface area contributed by atoms with Crippen LogP contribution in [0.25, 0.3) is 10.9 Å². The third-order valence-corrected chi connectivity index (χ3v) is 5.03. The predicted octanol–water partition coefficient (Wildman–Crippen LogP) is 4.94. The van der Waals surface area contributed by atoms with Crippen LogP contribution in [0, 0.1) is 5.82 Å². The zero-order valence-electron chi connectivity index (χ0n) is 15.9. The summed E-state index contributed by atoms with van der Waals surface area (Å²) < 4.78 is 13.4. The molecule has 3 N–H and O–H groups in total. The Bertz CT molecular complexity index is 1090. The summed E-state index contributed by atoms with van der Waals surface area (Å²) in [5.74, 6) is -0.380. The fraction of sp³-hybridized carbons (Fsp3) is 0.125. The van der Waals surface area contributed by atoms with Crippen LogP contribution in [-0.2, 0) is 6.54 Å². The largest absolute Gasteiger partial charge is 0.361 e. The van der Waals surface area contributed by atoms with Crippen LogP contribution in [0.1, 0.15) is 22.6 Å². The number of aromatic amines is 1. The summed E-state index contributed by atoms with van der Waals surface area (Å²) in [5.41, 5.74) is 4.08. The Hall–Kier alpha value is -3.60. The molecule has 1 heterocycles. The number of carbonyl (C=O) groups is 1. The number of urea groups is 1. The number of amides is 2. The van der Waals surface area contributed by atoms with Crippen molar-refractivity contribution in [2.45, 2.75) is 12.5 Å². The van der Waals surface area contributed by atoms with Gasteiger partial charge in [0.1, 0.15) is 5.82 Å². The monoisotopic (exact) mass is 387 g/mol. The molecular weight excluding hydrogens is 365 g/mol. The molecule has 4 aromatic rings. The van der Waals surface area contributed by atoms with Crippen LogP contribution in [0.2, 0.25) is 0 Å². The number of rotatable bonds is 6. The lowest BCUT2D eigenvalue weighted by Crippen LogP contribution is -2.37. The zero-order chi connectivity index (χ0) is 20.1. The molecule has 0 spiro atoms. The van der Waals surface area contributed by atoms with E-state index in [0.29, 0.717) is 13.1 Å².